The summed E-state index contributed by atoms with van der Waals surface area (Å²) in [5.74, 6) is 1.24. The van der Waals surface area contributed by atoms with Crippen LogP contribution in [-0.2, 0) is 4.74 Å². The molecular formula is C16H23N5O2. The molecule has 0 aliphatic carbocycles. The van der Waals surface area contributed by atoms with E-state index in [0.29, 0.717) is 12.5 Å². The van der Waals surface area contributed by atoms with E-state index in [-0.39, 0.29) is 6.09 Å². The zero-order chi connectivity index (χ0) is 16.4. The van der Waals surface area contributed by atoms with Gasteiger partial charge in [-0.15, -0.1) is 0 Å². The van der Waals surface area contributed by atoms with Crippen LogP contribution in [0.25, 0.3) is 11.2 Å². The van der Waals surface area contributed by atoms with E-state index in [2.05, 4.69) is 25.2 Å². The van der Waals surface area contributed by atoms with Gasteiger partial charge in [0.25, 0.3) is 0 Å². The molecule has 7 heteroatoms. The van der Waals surface area contributed by atoms with E-state index in [1.54, 1.807) is 6.20 Å². The summed E-state index contributed by atoms with van der Waals surface area (Å²) in [5, 5.41) is 2.85. The third-order valence-electron chi connectivity index (χ3n) is 3.76. The van der Waals surface area contributed by atoms with Gasteiger partial charge in [0.1, 0.15) is 5.60 Å². The molecule has 1 amide bonds. The molecule has 0 unspecified atom stereocenters. The molecule has 23 heavy (non-hydrogen) atoms. The Labute approximate surface area is 135 Å². The smallest absolute Gasteiger partial charge is 0.407 e. The number of pyridine rings is 1. The minimum atomic E-state index is -0.465. The fourth-order valence-corrected chi connectivity index (χ4v) is 2.72. The summed E-state index contributed by atoms with van der Waals surface area (Å²) in [7, 11) is 0. The van der Waals surface area contributed by atoms with Gasteiger partial charge < -0.3 is 19.9 Å². The number of hydrogen-bond acceptors (Lipinski definition) is 5. The maximum atomic E-state index is 11.7. The summed E-state index contributed by atoms with van der Waals surface area (Å²) < 4.78 is 5.26. The van der Waals surface area contributed by atoms with Gasteiger partial charge in [-0.25, -0.2) is 9.78 Å². The molecule has 1 saturated heterocycles. The summed E-state index contributed by atoms with van der Waals surface area (Å²) >= 11 is 0. The first-order valence-electron chi connectivity index (χ1n) is 7.93. The van der Waals surface area contributed by atoms with Crippen molar-refractivity contribution in [3.05, 3.63) is 18.3 Å². The first kappa shape index (κ1) is 15.6. The lowest BCUT2D eigenvalue weighted by Crippen LogP contribution is -2.36. The van der Waals surface area contributed by atoms with Gasteiger partial charge in [-0.3, -0.25) is 0 Å². The highest BCUT2D eigenvalue weighted by Gasteiger charge is 2.26. The minimum Gasteiger partial charge on any atom is -0.444 e. The van der Waals surface area contributed by atoms with Crippen molar-refractivity contribution >= 4 is 23.2 Å². The van der Waals surface area contributed by atoms with Crippen LogP contribution in [0.1, 0.15) is 27.2 Å². The fraction of sp³-hybridized carbons (Fsp3) is 0.562. The van der Waals surface area contributed by atoms with Gasteiger partial charge in [0.2, 0.25) is 5.95 Å². The number of aromatic nitrogens is 3. The van der Waals surface area contributed by atoms with Crippen molar-refractivity contribution in [1.29, 1.82) is 0 Å². The molecule has 1 fully saturated rings. The predicted molar refractivity (Wildman–Crippen MR) is 88.4 cm³/mol. The van der Waals surface area contributed by atoms with Crippen molar-refractivity contribution in [2.24, 2.45) is 5.92 Å². The van der Waals surface area contributed by atoms with Crippen LogP contribution in [0.5, 0.6) is 0 Å². The number of rotatable bonds is 3. The molecule has 1 aliphatic rings. The number of amides is 1. The second-order valence-corrected chi connectivity index (χ2v) is 6.92. The van der Waals surface area contributed by atoms with Gasteiger partial charge in [-0.05, 0) is 45.2 Å². The molecule has 3 rings (SSSR count). The molecule has 0 radical (unpaired) electrons. The van der Waals surface area contributed by atoms with Crippen LogP contribution in [0.3, 0.4) is 0 Å². The molecule has 0 bridgehead atoms. The van der Waals surface area contributed by atoms with E-state index in [0.717, 1.165) is 36.6 Å². The van der Waals surface area contributed by atoms with Crippen molar-refractivity contribution in [2.75, 3.05) is 24.5 Å². The Morgan fingerprint density at radius 1 is 1.52 bits per heavy atom. The largest absolute Gasteiger partial charge is 0.444 e. The molecule has 7 nitrogen and oxygen atoms in total. The SMILES string of the molecule is CC(C)(C)OC(=O)NC[C@H]1CCN(c2nc3ncccc3[nH]2)C1. The lowest BCUT2D eigenvalue weighted by atomic mass is 10.1. The highest BCUT2D eigenvalue weighted by molar-refractivity contribution is 5.73. The molecule has 2 aromatic rings. The lowest BCUT2D eigenvalue weighted by molar-refractivity contribution is 0.0520. The predicted octanol–water partition coefficient (Wildman–Crippen LogP) is 2.31. The molecule has 2 N–H and O–H groups in total. The molecule has 2 aromatic heterocycles. The van der Waals surface area contributed by atoms with Crippen LogP contribution in [-0.4, -0.2) is 46.3 Å². The number of ether oxygens (including phenoxy) is 1. The standard InChI is InChI=1S/C16H23N5O2/c1-16(2,3)23-15(22)18-9-11-6-8-21(10-11)14-19-12-5-4-7-17-13(12)20-14/h4-5,7,11H,6,8-10H2,1-3H3,(H,18,22)(H,17,19,20)/t11-/m1/s1. The Morgan fingerprint density at radius 2 is 2.35 bits per heavy atom. The third kappa shape index (κ3) is 3.91. The Hall–Kier alpha value is -2.31. The third-order valence-corrected chi connectivity index (χ3v) is 3.76. The number of alkyl carbamates (subject to hydrolysis) is 1. The van der Waals surface area contributed by atoms with Gasteiger partial charge in [0, 0.05) is 25.8 Å². The van der Waals surface area contributed by atoms with E-state index in [9.17, 15) is 4.79 Å². The number of anilines is 1. The first-order valence-corrected chi connectivity index (χ1v) is 7.93. The van der Waals surface area contributed by atoms with Gasteiger partial charge >= 0.3 is 6.09 Å². The second kappa shape index (κ2) is 6.06. The number of fused-ring (bicyclic) bond motifs is 1. The highest BCUT2D eigenvalue weighted by atomic mass is 16.6. The topological polar surface area (TPSA) is 83.1 Å². The summed E-state index contributed by atoms with van der Waals surface area (Å²) in [4.78, 5) is 26.0. The summed E-state index contributed by atoms with van der Waals surface area (Å²) in [5.41, 5.74) is 1.21. The Bertz CT molecular complexity index is 658. The van der Waals surface area contributed by atoms with Gasteiger partial charge in [-0.2, -0.15) is 4.98 Å². The molecule has 0 saturated carbocycles. The summed E-state index contributed by atoms with van der Waals surface area (Å²) in [6.45, 7) is 7.97. The van der Waals surface area contributed by atoms with Crippen molar-refractivity contribution in [3.8, 4) is 0 Å². The molecule has 3 heterocycles. The maximum Gasteiger partial charge on any atom is 0.407 e. The van der Waals surface area contributed by atoms with Crippen LogP contribution in [0.15, 0.2) is 18.3 Å². The minimum absolute atomic E-state index is 0.358. The quantitative estimate of drug-likeness (QED) is 0.907. The van der Waals surface area contributed by atoms with Crippen LogP contribution in [0.2, 0.25) is 0 Å². The highest BCUT2D eigenvalue weighted by Crippen LogP contribution is 2.23. The number of H-pyrrole nitrogens is 1. The van der Waals surface area contributed by atoms with Crippen molar-refractivity contribution in [2.45, 2.75) is 32.8 Å². The van der Waals surface area contributed by atoms with Crippen molar-refractivity contribution in [1.82, 2.24) is 20.3 Å². The van der Waals surface area contributed by atoms with Crippen LogP contribution in [0, 0.1) is 5.92 Å². The fourth-order valence-electron chi connectivity index (χ4n) is 2.72. The number of imidazole rings is 1. The number of carbonyl (C=O) groups excluding carboxylic acids is 1. The van der Waals surface area contributed by atoms with Crippen molar-refractivity contribution < 1.29 is 9.53 Å². The molecule has 124 valence electrons. The van der Waals surface area contributed by atoms with Gasteiger partial charge in [-0.1, -0.05) is 0 Å². The lowest BCUT2D eigenvalue weighted by Gasteiger charge is -2.20. The van der Waals surface area contributed by atoms with E-state index in [1.165, 1.54) is 0 Å². The molecular weight excluding hydrogens is 294 g/mol. The average molecular weight is 317 g/mol. The molecule has 0 aromatic carbocycles. The van der Waals surface area contributed by atoms with Crippen molar-refractivity contribution in [3.63, 3.8) is 0 Å². The van der Waals surface area contributed by atoms with E-state index in [1.807, 2.05) is 32.9 Å². The number of carbonyl (C=O) groups is 1. The van der Waals surface area contributed by atoms with Crippen LogP contribution < -0.4 is 10.2 Å². The van der Waals surface area contributed by atoms with E-state index < -0.39 is 5.60 Å². The number of hydrogen-bond donors (Lipinski definition) is 2. The monoisotopic (exact) mass is 317 g/mol. The molecule has 0 spiro atoms. The number of nitrogens with zero attached hydrogens (tertiary/aromatic N) is 3. The Kier molecular flexibility index (Phi) is 4.11. The van der Waals surface area contributed by atoms with E-state index in [4.69, 9.17) is 4.74 Å². The zero-order valence-corrected chi connectivity index (χ0v) is 13.8. The number of aromatic amines is 1. The zero-order valence-electron chi connectivity index (χ0n) is 13.8. The summed E-state index contributed by atoms with van der Waals surface area (Å²) in [6, 6.07) is 3.86. The Morgan fingerprint density at radius 3 is 3.09 bits per heavy atom. The van der Waals surface area contributed by atoms with Gasteiger partial charge in [0.15, 0.2) is 5.65 Å². The Balaban J connectivity index is 1.53. The average Bonchev–Trinajstić information content (AvgIpc) is 3.09. The molecule has 1 aliphatic heterocycles. The van der Waals surface area contributed by atoms with Gasteiger partial charge in [0.05, 0.1) is 5.52 Å². The van der Waals surface area contributed by atoms with Crippen LogP contribution >= 0.6 is 0 Å². The molecule has 1 atom stereocenters. The number of nitrogens with one attached hydrogen (secondary N) is 2. The maximum absolute atomic E-state index is 11.7. The summed E-state index contributed by atoms with van der Waals surface area (Å²) in [6.07, 6.45) is 2.40. The first-order chi connectivity index (χ1) is 10.9. The van der Waals surface area contributed by atoms with E-state index >= 15 is 0 Å². The second-order valence-electron chi connectivity index (χ2n) is 6.92. The van der Waals surface area contributed by atoms with Crippen LogP contribution in [0.4, 0.5) is 10.7 Å². The normalized spacial score (nSPS) is 18.4.